The van der Waals surface area contributed by atoms with Crippen LogP contribution in [-0.4, -0.2) is 61.8 Å². The number of nitrogens with zero attached hydrogens (tertiary/aromatic N) is 6. The lowest BCUT2D eigenvalue weighted by atomic mass is 10.1. The number of benzene rings is 1. The molecule has 0 N–H and O–H groups in total. The minimum atomic E-state index is -0.533. The van der Waals surface area contributed by atoms with Crippen molar-refractivity contribution in [1.82, 2.24) is 24.4 Å². The molecule has 3 aromatic heterocycles. The summed E-state index contributed by atoms with van der Waals surface area (Å²) in [5, 5.41) is 1.57. The van der Waals surface area contributed by atoms with Gasteiger partial charge in [-0.2, -0.15) is 0 Å². The highest BCUT2D eigenvalue weighted by atomic mass is 35.5. The SMILES string of the molecule is Cc1ccc(Cl)cc1-n1cc(-c2ccccn2)c2c(N3CCN(C(=O)OC(C)(C)C)CC3C)ncnc21. The molecule has 1 saturated heterocycles. The first kappa shape index (κ1) is 25.0. The van der Waals surface area contributed by atoms with E-state index >= 15 is 0 Å². The average Bonchev–Trinajstić information content (AvgIpc) is 3.25. The molecule has 4 aromatic rings. The fourth-order valence-corrected chi connectivity index (χ4v) is 4.94. The van der Waals surface area contributed by atoms with Crippen LogP contribution in [0.5, 0.6) is 0 Å². The first-order valence-electron chi connectivity index (χ1n) is 12.4. The van der Waals surface area contributed by atoms with Gasteiger partial charge in [-0.3, -0.25) is 4.98 Å². The Morgan fingerprint density at radius 1 is 1.11 bits per heavy atom. The summed E-state index contributed by atoms with van der Waals surface area (Å²) in [6.07, 6.45) is 5.16. The van der Waals surface area contributed by atoms with Crippen molar-refractivity contribution in [3.05, 3.63) is 65.7 Å². The molecule has 0 bridgehead atoms. The number of anilines is 1. The second-order valence-electron chi connectivity index (χ2n) is 10.4. The smallest absolute Gasteiger partial charge is 0.410 e. The number of pyridine rings is 1. The summed E-state index contributed by atoms with van der Waals surface area (Å²) < 4.78 is 7.67. The Balaban J connectivity index is 1.60. The monoisotopic (exact) mass is 518 g/mol. The van der Waals surface area contributed by atoms with Crippen molar-refractivity contribution in [3.63, 3.8) is 0 Å². The number of rotatable bonds is 3. The number of carbonyl (C=O) groups excluding carboxylic acids is 1. The van der Waals surface area contributed by atoms with Crippen LogP contribution in [0.4, 0.5) is 10.6 Å². The largest absolute Gasteiger partial charge is 0.444 e. The van der Waals surface area contributed by atoms with Gasteiger partial charge in [0.05, 0.1) is 16.8 Å². The van der Waals surface area contributed by atoms with Crippen molar-refractivity contribution in [1.29, 1.82) is 0 Å². The fraction of sp³-hybridized carbons (Fsp3) is 0.357. The average molecular weight is 519 g/mol. The summed E-state index contributed by atoms with van der Waals surface area (Å²) in [7, 11) is 0. The van der Waals surface area contributed by atoms with Gasteiger partial charge in [-0.25, -0.2) is 14.8 Å². The molecule has 1 aliphatic rings. The molecule has 8 nitrogen and oxygen atoms in total. The van der Waals surface area contributed by atoms with Gasteiger partial charge >= 0.3 is 6.09 Å². The zero-order valence-corrected chi connectivity index (χ0v) is 22.5. The van der Waals surface area contributed by atoms with Gasteiger partial charge in [0.15, 0.2) is 5.65 Å². The van der Waals surface area contributed by atoms with Crippen LogP contribution >= 0.6 is 11.6 Å². The van der Waals surface area contributed by atoms with Gasteiger partial charge in [0.25, 0.3) is 0 Å². The summed E-state index contributed by atoms with van der Waals surface area (Å²) in [5.41, 5.74) is 4.04. The Labute approximate surface area is 221 Å². The number of aryl methyl sites for hydroxylation is 1. The van der Waals surface area contributed by atoms with E-state index in [4.69, 9.17) is 26.3 Å². The van der Waals surface area contributed by atoms with E-state index in [2.05, 4.69) is 34.5 Å². The number of ether oxygens (including phenoxy) is 1. The molecular formula is C28H31ClN6O2. The van der Waals surface area contributed by atoms with Crippen LogP contribution < -0.4 is 4.90 Å². The molecule has 1 unspecified atom stereocenters. The molecule has 1 aromatic carbocycles. The third kappa shape index (κ3) is 4.98. The summed E-state index contributed by atoms with van der Waals surface area (Å²) in [5.74, 6) is 0.820. The Kier molecular flexibility index (Phi) is 6.54. The Hall–Kier alpha value is -3.65. The normalized spacial score (nSPS) is 16.3. The maximum Gasteiger partial charge on any atom is 0.410 e. The molecule has 1 atom stereocenters. The van der Waals surface area contributed by atoms with E-state index in [1.165, 1.54) is 0 Å². The lowest BCUT2D eigenvalue weighted by molar-refractivity contribution is 0.0218. The Bertz CT molecular complexity index is 1450. The van der Waals surface area contributed by atoms with Crippen molar-refractivity contribution in [2.75, 3.05) is 24.5 Å². The lowest BCUT2D eigenvalue weighted by Gasteiger charge is -2.41. The van der Waals surface area contributed by atoms with E-state index in [0.29, 0.717) is 24.7 Å². The van der Waals surface area contributed by atoms with E-state index in [9.17, 15) is 4.79 Å². The molecule has 1 fully saturated rings. The van der Waals surface area contributed by atoms with Crippen LogP contribution in [0.15, 0.2) is 55.1 Å². The molecule has 0 aliphatic carbocycles. The predicted octanol–water partition coefficient (Wildman–Crippen LogP) is 5.89. The molecular weight excluding hydrogens is 488 g/mol. The number of piperazine rings is 1. The highest BCUT2D eigenvalue weighted by Gasteiger charge is 2.32. The Morgan fingerprint density at radius 2 is 1.92 bits per heavy atom. The highest BCUT2D eigenvalue weighted by Crippen LogP contribution is 2.38. The van der Waals surface area contributed by atoms with E-state index in [0.717, 1.165) is 39.4 Å². The first-order chi connectivity index (χ1) is 17.6. The quantitative estimate of drug-likeness (QED) is 0.336. The third-order valence-electron chi connectivity index (χ3n) is 6.49. The number of halogens is 1. The number of hydrogen-bond acceptors (Lipinski definition) is 6. The van der Waals surface area contributed by atoms with Crippen molar-refractivity contribution >= 4 is 34.5 Å². The number of amides is 1. The van der Waals surface area contributed by atoms with Gasteiger partial charge in [-0.1, -0.05) is 23.7 Å². The summed E-state index contributed by atoms with van der Waals surface area (Å²) in [6.45, 7) is 11.5. The van der Waals surface area contributed by atoms with Crippen molar-refractivity contribution < 1.29 is 9.53 Å². The van der Waals surface area contributed by atoms with Crippen LogP contribution in [0.3, 0.4) is 0 Å². The van der Waals surface area contributed by atoms with Crippen molar-refractivity contribution in [3.8, 4) is 16.9 Å². The molecule has 4 heterocycles. The van der Waals surface area contributed by atoms with Crippen LogP contribution in [0.25, 0.3) is 28.0 Å². The molecule has 0 saturated carbocycles. The minimum absolute atomic E-state index is 0.0206. The molecule has 0 radical (unpaired) electrons. The number of aromatic nitrogens is 4. The third-order valence-corrected chi connectivity index (χ3v) is 6.72. The lowest BCUT2D eigenvalue weighted by Crippen LogP contribution is -2.54. The maximum atomic E-state index is 12.7. The zero-order valence-electron chi connectivity index (χ0n) is 21.8. The van der Waals surface area contributed by atoms with Gasteiger partial charge in [0.1, 0.15) is 17.7 Å². The maximum absolute atomic E-state index is 12.7. The van der Waals surface area contributed by atoms with Crippen LogP contribution in [0, 0.1) is 6.92 Å². The highest BCUT2D eigenvalue weighted by molar-refractivity contribution is 6.30. The van der Waals surface area contributed by atoms with Gasteiger partial charge in [0, 0.05) is 48.7 Å². The number of fused-ring (bicyclic) bond motifs is 1. The van der Waals surface area contributed by atoms with Gasteiger partial charge in [-0.15, -0.1) is 0 Å². The number of hydrogen-bond donors (Lipinski definition) is 0. The van der Waals surface area contributed by atoms with E-state index < -0.39 is 5.60 Å². The van der Waals surface area contributed by atoms with E-state index in [-0.39, 0.29) is 12.1 Å². The molecule has 1 amide bonds. The van der Waals surface area contributed by atoms with Gasteiger partial charge in [-0.05, 0) is 64.4 Å². The minimum Gasteiger partial charge on any atom is -0.444 e. The van der Waals surface area contributed by atoms with Gasteiger partial charge < -0.3 is 19.1 Å². The standard InChI is InChI=1S/C28H31ClN6O2/c1-18-9-10-20(29)14-23(18)35-16-21(22-8-6-7-11-30-22)24-25(31-17-32-26(24)35)34-13-12-33(15-19(34)2)27(36)37-28(3,4)5/h6-11,14,16-17,19H,12-13,15H2,1-5H3. The molecule has 1 aliphatic heterocycles. The van der Waals surface area contributed by atoms with E-state index in [1.807, 2.05) is 57.2 Å². The second kappa shape index (κ2) is 9.67. The molecule has 9 heteroatoms. The van der Waals surface area contributed by atoms with Crippen molar-refractivity contribution in [2.24, 2.45) is 0 Å². The van der Waals surface area contributed by atoms with Crippen LogP contribution in [0.2, 0.25) is 5.02 Å². The van der Waals surface area contributed by atoms with Crippen LogP contribution in [0.1, 0.15) is 33.3 Å². The zero-order chi connectivity index (χ0) is 26.3. The Morgan fingerprint density at radius 3 is 2.62 bits per heavy atom. The van der Waals surface area contributed by atoms with E-state index in [1.54, 1.807) is 17.4 Å². The summed E-state index contributed by atoms with van der Waals surface area (Å²) >= 11 is 6.38. The van der Waals surface area contributed by atoms with Crippen LogP contribution in [-0.2, 0) is 4.74 Å². The summed E-state index contributed by atoms with van der Waals surface area (Å²) in [6, 6.07) is 11.7. The number of carbonyl (C=O) groups is 1. The first-order valence-corrected chi connectivity index (χ1v) is 12.8. The van der Waals surface area contributed by atoms with Crippen molar-refractivity contribution in [2.45, 2.75) is 46.3 Å². The second-order valence-corrected chi connectivity index (χ2v) is 10.9. The molecule has 192 valence electrons. The predicted molar refractivity (Wildman–Crippen MR) is 146 cm³/mol. The molecule has 5 rings (SSSR count). The topological polar surface area (TPSA) is 76.4 Å². The fourth-order valence-electron chi connectivity index (χ4n) is 4.77. The van der Waals surface area contributed by atoms with Gasteiger partial charge in [0.2, 0.25) is 0 Å². The molecule has 0 spiro atoms. The molecule has 37 heavy (non-hydrogen) atoms. The summed E-state index contributed by atoms with van der Waals surface area (Å²) in [4.78, 5) is 30.8.